The highest BCUT2D eigenvalue weighted by Gasteiger charge is 2.34. The lowest BCUT2D eigenvalue weighted by Gasteiger charge is -2.30. The van der Waals surface area contributed by atoms with E-state index in [0.29, 0.717) is 30.5 Å². The van der Waals surface area contributed by atoms with Gasteiger partial charge in [0, 0.05) is 63.6 Å². The summed E-state index contributed by atoms with van der Waals surface area (Å²) in [5.41, 5.74) is 17.1. The van der Waals surface area contributed by atoms with Gasteiger partial charge >= 0.3 is 29.8 Å². The Morgan fingerprint density at radius 3 is 1.33 bits per heavy atom. The van der Waals surface area contributed by atoms with Crippen molar-refractivity contribution in [3.05, 3.63) is 35.4 Å². The van der Waals surface area contributed by atoms with E-state index in [1.54, 1.807) is 0 Å². The van der Waals surface area contributed by atoms with E-state index in [1.165, 1.54) is 31.2 Å². The van der Waals surface area contributed by atoms with Crippen LogP contribution in [0.4, 0.5) is 0 Å². The largest absolute Gasteiger partial charge is 0.481 e. The SMILES string of the molecule is CC(=O)c1ccc(C[C@H](NC(=O)[C@@H](CCC(=O)O)NC(=O)[C@@H](CCC(=O)O)NC(=O)[C@@H](CCC(=O)O)NC(=O)[C@@H](CCC(=O)O)NC(=O)[C@H](N)CCC(=O)O)C(=O)NCCOCC(=O)C[C@@H](CCCN=C(N)N)C(C)(C)C)cc1. The number of amides is 6. The van der Waals surface area contributed by atoms with Gasteiger partial charge in [-0.1, -0.05) is 45.0 Å². The highest BCUT2D eigenvalue weighted by atomic mass is 16.5. The number of nitrogens with one attached hydrogen (secondary N) is 6. The zero-order chi connectivity index (χ0) is 60.0. The Kier molecular flexibility index (Phi) is 30.9. The molecule has 0 radical (unpaired) electrons. The first-order valence-corrected chi connectivity index (χ1v) is 25.3. The average Bonchev–Trinajstić information content (AvgIpc) is 3.35. The molecule has 0 spiro atoms. The predicted molar refractivity (Wildman–Crippen MR) is 278 cm³/mol. The Morgan fingerprint density at radius 2 is 0.949 bits per heavy atom. The summed E-state index contributed by atoms with van der Waals surface area (Å²) in [6, 6.07) is -4.28. The third kappa shape index (κ3) is 29.9. The maximum absolute atomic E-state index is 14.1. The summed E-state index contributed by atoms with van der Waals surface area (Å²) in [6.07, 6.45) is -5.44. The predicted octanol–water partition coefficient (Wildman–Crippen LogP) is -1.69. The van der Waals surface area contributed by atoms with Crippen LogP contribution in [0.5, 0.6) is 0 Å². The van der Waals surface area contributed by atoms with E-state index in [9.17, 15) is 82.8 Å². The Bertz CT molecular complexity index is 2340. The Hall–Kier alpha value is -8.08. The second-order valence-corrected chi connectivity index (χ2v) is 19.6. The second kappa shape index (κ2) is 35.4. The van der Waals surface area contributed by atoms with Crippen LogP contribution in [0.3, 0.4) is 0 Å². The van der Waals surface area contributed by atoms with Gasteiger partial charge in [0.15, 0.2) is 17.5 Å². The molecule has 29 heteroatoms. The maximum Gasteiger partial charge on any atom is 0.303 e. The number of Topliss-reactive ketones (excluding diaryl/α,β-unsaturated/α-hetero) is 2. The van der Waals surface area contributed by atoms with Gasteiger partial charge in [-0.15, -0.1) is 0 Å². The number of hydrogen-bond donors (Lipinski definition) is 14. The van der Waals surface area contributed by atoms with E-state index in [1.807, 2.05) is 20.8 Å². The Labute approximate surface area is 455 Å². The molecule has 0 aliphatic rings. The zero-order valence-corrected chi connectivity index (χ0v) is 44.7. The summed E-state index contributed by atoms with van der Waals surface area (Å²) in [5, 5.41) is 60.7. The minimum atomic E-state index is -1.90. The van der Waals surface area contributed by atoms with Gasteiger partial charge < -0.3 is 79.4 Å². The van der Waals surface area contributed by atoms with Crippen molar-refractivity contribution in [2.75, 3.05) is 26.3 Å². The van der Waals surface area contributed by atoms with E-state index in [2.05, 4.69) is 36.9 Å². The topological polar surface area (TPSA) is 495 Å². The molecule has 440 valence electrons. The van der Waals surface area contributed by atoms with Gasteiger partial charge in [-0.05, 0) is 68.8 Å². The molecule has 1 aromatic rings. The number of nitrogens with zero attached hydrogens (tertiary/aromatic N) is 1. The van der Waals surface area contributed by atoms with E-state index in [4.69, 9.17) is 27.0 Å². The number of ketones is 2. The first-order chi connectivity index (χ1) is 36.9. The molecule has 17 N–H and O–H groups in total. The van der Waals surface area contributed by atoms with Gasteiger partial charge in [0.05, 0.1) is 12.6 Å². The minimum absolute atomic E-state index is 0.0276. The van der Waals surface area contributed by atoms with E-state index in [0.717, 1.165) is 0 Å². The number of carboxylic acids is 5. The third-order valence-corrected chi connectivity index (χ3v) is 12.1. The summed E-state index contributed by atoms with van der Waals surface area (Å²) < 4.78 is 5.56. The number of rotatable bonds is 40. The van der Waals surface area contributed by atoms with Gasteiger partial charge in [-0.2, -0.15) is 0 Å². The molecule has 0 fully saturated rings. The molecule has 1 rings (SSSR count). The molecular formula is C50H76N10O19. The molecule has 29 nitrogen and oxygen atoms in total. The van der Waals surface area contributed by atoms with E-state index in [-0.39, 0.29) is 61.5 Å². The van der Waals surface area contributed by atoms with Crippen molar-refractivity contribution in [2.24, 2.45) is 33.5 Å². The van der Waals surface area contributed by atoms with Crippen LogP contribution in [0.2, 0.25) is 0 Å². The van der Waals surface area contributed by atoms with Crippen LogP contribution in [0.15, 0.2) is 29.3 Å². The number of carbonyl (C=O) groups excluding carboxylic acids is 8. The number of benzene rings is 1. The molecule has 0 aromatic heterocycles. The van der Waals surface area contributed by atoms with Crippen LogP contribution in [-0.4, -0.2) is 171 Å². The lowest BCUT2D eigenvalue weighted by Crippen LogP contribution is -2.59. The Morgan fingerprint density at radius 1 is 0.557 bits per heavy atom. The summed E-state index contributed by atoms with van der Waals surface area (Å²) in [4.78, 5) is 168. The summed E-state index contributed by atoms with van der Waals surface area (Å²) in [6.45, 7) is 7.13. The first kappa shape index (κ1) is 68.9. The number of nitrogens with two attached hydrogens (primary N) is 3. The number of ether oxygens (including phenoxy) is 1. The van der Waals surface area contributed by atoms with Crippen molar-refractivity contribution < 1.29 is 92.6 Å². The van der Waals surface area contributed by atoms with Crippen LogP contribution in [0, 0.1) is 11.3 Å². The van der Waals surface area contributed by atoms with Crippen molar-refractivity contribution in [1.82, 2.24) is 31.9 Å². The molecule has 0 bridgehead atoms. The molecule has 0 heterocycles. The molecule has 0 aliphatic carbocycles. The van der Waals surface area contributed by atoms with Gasteiger partial charge in [0.1, 0.15) is 36.8 Å². The lowest BCUT2D eigenvalue weighted by atomic mass is 9.75. The molecule has 0 saturated carbocycles. The highest BCUT2D eigenvalue weighted by Crippen LogP contribution is 2.32. The standard InChI is InChI=1S/C50H76N10O19/c1-27(61)29-9-7-28(8-10-29)24-37(44(74)54-22-23-79-26-31(62)25-30(50(2,3)4)6-5-21-55-49(52)53)60-48(78)36(15-20-42(71)72)59-47(77)35(14-19-41(69)70)58-46(76)34(13-18-40(67)68)57-45(75)33(12-17-39(65)66)56-43(73)32(51)11-16-38(63)64/h7-10,30,32-37H,5-6,11-26,51H2,1-4H3,(H,54,74)(H,56,73)(H,57,75)(H,58,76)(H,59,77)(H,60,78)(H,63,64)(H,65,66)(H,67,68)(H,69,70)(H,71,72)(H4,52,53,55)/t30-,32-,33-,34-,35-,36-,37+/m1/s1. The zero-order valence-electron chi connectivity index (χ0n) is 44.7. The number of carboxylic acid groups (broad SMARTS) is 5. The molecular weight excluding hydrogens is 1040 g/mol. The second-order valence-electron chi connectivity index (χ2n) is 19.6. The minimum Gasteiger partial charge on any atom is -0.481 e. The van der Waals surface area contributed by atoms with Gasteiger partial charge in [0.2, 0.25) is 35.4 Å². The van der Waals surface area contributed by atoms with Crippen LogP contribution >= 0.6 is 0 Å². The number of aliphatic carboxylic acids is 5. The monoisotopic (exact) mass is 1120 g/mol. The normalized spacial score (nSPS) is 13.7. The van der Waals surface area contributed by atoms with E-state index >= 15 is 0 Å². The third-order valence-electron chi connectivity index (χ3n) is 12.1. The maximum atomic E-state index is 14.1. The van der Waals surface area contributed by atoms with Crippen molar-refractivity contribution in [2.45, 2.75) is 154 Å². The molecule has 79 heavy (non-hydrogen) atoms. The molecule has 7 atom stereocenters. The van der Waals surface area contributed by atoms with Crippen LogP contribution in [0.1, 0.15) is 127 Å². The van der Waals surface area contributed by atoms with Crippen molar-refractivity contribution in [3.63, 3.8) is 0 Å². The van der Waals surface area contributed by atoms with Crippen LogP contribution in [0.25, 0.3) is 0 Å². The fraction of sp³-hybridized carbons (Fsp3) is 0.600. The smallest absolute Gasteiger partial charge is 0.303 e. The molecule has 0 saturated heterocycles. The highest BCUT2D eigenvalue weighted by molar-refractivity contribution is 5.97. The average molecular weight is 1120 g/mol. The van der Waals surface area contributed by atoms with Crippen molar-refractivity contribution in [3.8, 4) is 0 Å². The van der Waals surface area contributed by atoms with E-state index < -0.39 is 166 Å². The first-order valence-electron chi connectivity index (χ1n) is 25.3. The summed E-state index contributed by atoms with van der Waals surface area (Å²) in [5.74, 6) is -14.5. The van der Waals surface area contributed by atoms with Crippen molar-refractivity contribution >= 4 is 82.8 Å². The molecule has 0 unspecified atom stereocenters. The molecule has 1 aromatic carbocycles. The fourth-order valence-electron chi connectivity index (χ4n) is 7.52. The number of aliphatic imine (C=N–C) groups is 1. The van der Waals surface area contributed by atoms with Crippen LogP contribution < -0.4 is 49.1 Å². The fourth-order valence-corrected chi connectivity index (χ4v) is 7.52. The number of guanidine groups is 1. The van der Waals surface area contributed by atoms with Gasteiger partial charge in [-0.25, -0.2) is 0 Å². The quantitative estimate of drug-likeness (QED) is 0.0151. The molecule has 0 aliphatic heterocycles. The van der Waals surface area contributed by atoms with Gasteiger partial charge in [-0.3, -0.25) is 67.3 Å². The number of hydrogen-bond acceptors (Lipinski definition) is 16. The van der Waals surface area contributed by atoms with Crippen molar-refractivity contribution in [1.29, 1.82) is 0 Å². The lowest BCUT2D eigenvalue weighted by molar-refractivity contribution is -0.140. The van der Waals surface area contributed by atoms with Crippen LogP contribution in [-0.2, 0) is 68.7 Å². The Balaban J connectivity index is 3.45. The number of carbonyl (C=O) groups is 13. The summed E-state index contributed by atoms with van der Waals surface area (Å²) in [7, 11) is 0. The molecule has 6 amide bonds. The van der Waals surface area contributed by atoms with Gasteiger partial charge in [0.25, 0.3) is 0 Å². The summed E-state index contributed by atoms with van der Waals surface area (Å²) >= 11 is 0.